The Hall–Kier alpha value is -1.79. The summed E-state index contributed by atoms with van der Waals surface area (Å²) in [7, 11) is 0. The first kappa shape index (κ1) is 10.3. The SMILES string of the molecule is C#CCNC(=O)[C@@H](N)c1ccccc1. The first-order valence-electron chi connectivity index (χ1n) is 4.27. The summed E-state index contributed by atoms with van der Waals surface area (Å²) in [5, 5.41) is 2.53. The molecule has 1 rings (SSSR count). The van der Waals surface area contributed by atoms with Gasteiger partial charge in [0.15, 0.2) is 0 Å². The van der Waals surface area contributed by atoms with Gasteiger partial charge in [-0.2, -0.15) is 0 Å². The van der Waals surface area contributed by atoms with Gasteiger partial charge in [0.25, 0.3) is 0 Å². The molecule has 1 amide bonds. The Morgan fingerprint density at radius 3 is 2.71 bits per heavy atom. The normalized spacial score (nSPS) is 11.4. The van der Waals surface area contributed by atoms with Crippen molar-refractivity contribution in [1.82, 2.24) is 5.32 Å². The summed E-state index contributed by atoms with van der Waals surface area (Å²) in [6, 6.07) is 8.51. The Kier molecular flexibility index (Phi) is 3.71. The fourth-order valence-electron chi connectivity index (χ4n) is 1.06. The molecule has 0 aliphatic heterocycles. The van der Waals surface area contributed by atoms with E-state index >= 15 is 0 Å². The third-order valence-electron chi connectivity index (χ3n) is 1.81. The molecular weight excluding hydrogens is 176 g/mol. The van der Waals surface area contributed by atoms with Crippen LogP contribution in [0, 0.1) is 12.3 Å². The van der Waals surface area contributed by atoms with E-state index < -0.39 is 6.04 Å². The third kappa shape index (κ3) is 2.61. The fourth-order valence-corrected chi connectivity index (χ4v) is 1.06. The molecule has 0 heterocycles. The fraction of sp³-hybridized carbons (Fsp3) is 0.182. The Balaban J connectivity index is 2.62. The van der Waals surface area contributed by atoms with Crippen molar-refractivity contribution in [2.45, 2.75) is 6.04 Å². The minimum absolute atomic E-state index is 0.208. The molecule has 0 saturated carbocycles. The van der Waals surface area contributed by atoms with E-state index in [1.165, 1.54) is 0 Å². The molecular formula is C11H12N2O. The molecule has 72 valence electrons. The summed E-state index contributed by atoms with van der Waals surface area (Å²) >= 11 is 0. The number of carbonyl (C=O) groups excluding carboxylic acids is 1. The average molecular weight is 188 g/mol. The van der Waals surface area contributed by atoms with Gasteiger partial charge in [-0.25, -0.2) is 0 Å². The number of rotatable bonds is 3. The third-order valence-corrected chi connectivity index (χ3v) is 1.81. The van der Waals surface area contributed by atoms with Crippen LogP contribution < -0.4 is 11.1 Å². The van der Waals surface area contributed by atoms with Crippen molar-refractivity contribution in [3.05, 3.63) is 35.9 Å². The highest BCUT2D eigenvalue weighted by Crippen LogP contribution is 2.08. The number of hydrogen-bond donors (Lipinski definition) is 2. The smallest absolute Gasteiger partial charge is 0.242 e. The number of amides is 1. The molecule has 1 atom stereocenters. The minimum Gasteiger partial charge on any atom is -0.344 e. The zero-order chi connectivity index (χ0) is 10.4. The molecule has 0 spiro atoms. The Morgan fingerprint density at radius 1 is 1.50 bits per heavy atom. The Bertz CT molecular complexity index is 340. The van der Waals surface area contributed by atoms with Gasteiger partial charge in [-0.1, -0.05) is 36.3 Å². The second-order valence-corrected chi connectivity index (χ2v) is 2.81. The molecule has 0 aliphatic carbocycles. The molecule has 1 aromatic rings. The summed E-state index contributed by atoms with van der Waals surface area (Å²) in [6.07, 6.45) is 5.01. The van der Waals surface area contributed by atoms with Crippen LogP contribution >= 0.6 is 0 Å². The maximum Gasteiger partial charge on any atom is 0.242 e. The van der Waals surface area contributed by atoms with Crippen LogP contribution in [0.25, 0.3) is 0 Å². The van der Waals surface area contributed by atoms with Crippen molar-refractivity contribution in [2.75, 3.05) is 6.54 Å². The first-order valence-corrected chi connectivity index (χ1v) is 4.27. The number of carbonyl (C=O) groups is 1. The number of nitrogens with two attached hydrogens (primary N) is 1. The zero-order valence-electron chi connectivity index (χ0n) is 7.73. The number of terminal acetylenes is 1. The van der Waals surface area contributed by atoms with Gasteiger partial charge in [-0.15, -0.1) is 6.42 Å². The average Bonchev–Trinajstić information content (AvgIpc) is 2.26. The minimum atomic E-state index is -0.649. The molecule has 1 aromatic carbocycles. The maximum absolute atomic E-state index is 11.4. The van der Waals surface area contributed by atoms with Crippen molar-refractivity contribution in [3.63, 3.8) is 0 Å². The van der Waals surface area contributed by atoms with E-state index in [9.17, 15) is 4.79 Å². The van der Waals surface area contributed by atoms with Gasteiger partial charge in [-0.3, -0.25) is 4.79 Å². The summed E-state index contributed by atoms with van der Waals surface area (Å²) in [6.45, 7) is 0.208. The van der Waals surface area contributed by atoms with Crippen LogP contribution in [0.3, 0.4) is 0 Å². The van der Waals surface area contributed by atoms with E-state index in [-0.39, 0.29) is 12.5 Å². The second-order valence-electron chi connectivity index (χ2n) is 2.81. The Morgan fingerprint density at radius 2 is 2.14 bits per heavy atom. The predicted octanol–water partition coefficient (Wildman–Crippen LogP) is 0.436. The highest BCUT2D eigenvalue weighted by atomic mass is 16.2. The van der Waals surface area contributed by atoms with Crippen LogP contribution in [-0.2, 0) is 4.79 Å². The lowest BCUT2D eigenvalue weighted by molar-refractivity contribution is -0.122. The molecule has 0 radical (unpaired) electrons. The summed E-state index contributed by atoms with van der Waals surface area (Å²) < 4.78 is 0. The second kappa shape index (κ2) is 5.05. The van der Waals surface area contributed by atoms with Gasteiger partial charge in [0.05, 0.1) is 6.54 Å². The van der Waals surface area contributed by atoms with Crippen molar-refractivity contribution in [2.24, 2.45) is 5.73 Å². The number of benzene rings is 1. The van der Waals surface area contributed by atoms with Crippen molar-refractivity contribution < 1.29 is 4.79 Å². The largest absolute Gasteiger partial charge is 0.344 e. The molecule has 0 unspecified atom stereocenters. The zero-order valence-corrected chi connectivity index (χ0v) is 7.73. The van der Waals surface area contributed by atoms with E-state index in [0.717, 1.165) is 5.56 Å². The van der Waals surface area contributed by atoms with Crippen molar-refractivity contribution in [3.8, 4) is 12.3 Å². The molecule has 3 heteroatoms. The lowest BCUT2D eigenvalue weighted by Gasteiger charge is -2.10. The molecule has 0 fully saturated rings. The van der Waals surface area contributed by atoms with E-state index in [2.05, 4.69) is 11.2 Å². The lowest BCUT2D eigenvalue weighted by Crippen LogP contribution is -2.34. The molecule has 0 saturated heterocycles. The standard InChI is InChI=1S/C11H12N2O/c1-2-8-13-11(14)10(12)9-6-4-3-5-7-9/h1,3-7,10H,8,12H2,(H,13,14)/t10-/m0/s1. The first-order chi connectivity index (χ1) is 6.75. The molecule has 0 aromatic heterocycles. The van der Waals surface area contributed by atoms with Gasteiger partial charge in [0.2, 0.25) is 5.91 Å². The highest BCUT2D eigenvalue weighted by Gasteiger charge is 2.13. The highest BCUT2D eigenvalue weighted by molar-refractivity contribution is 5.83. The topological polar surface area (TPSA) is 55.1 Å². The van der Waals surface area contributed by atoms with E-state index in [0.29, 0.717) is 0 Å². The van der Waals surface area contributed by atoms with Crippen LogP contribution in [0.2, 0.25) is 0 Å². The molecule has 3 nitrogen and oxygen atoms in total. The van der Waals surface area contributed by atoms with Crippen LogP contribution in [0.5, 0.6) is 0 Å². The van der Waals surface area contributed by atoms with Gasteiger partial charge in [-0.05, 0) is 5.56 Å². The van der Waals surface area contributed by atoms with E-state index in [4.69, 9.17) is 12.2 Å². The summed E-state index contributed by atoms with van der Waals surface area (Å²) in [4.78, 5) is 11.4. The van der Waals surface area contributed by atoms with Crippen LogP contribution in [0.1, 0.15) is 11.6 Å². The lowest BCUT2D eigenvalue weighted by atomic mass is 10.1. The van der Waals surface area contributed by atoms with E-state index in [1.807, 2.05) is 18.2 Å². The van der Waals surface area contributed by atoms with Gasteiger partial charge < -0.3 is 11.1 Å². The van der Waals surface area contributed by atoms with Crippen LogP contribution in [0.4, 0.5) is 0 Å². The van der Waals surface area contributed by atoms with Gasteiger partial charge in [0, 0.05) is 0 Å². The number of nitrogens with one attached hydrogen (secondary N) is 1. The molecule has 0 bridgehead atoms. The van der Waals surface area contributed by atoms with Gasteiger partial charge >= 0.3 is 0 Å². The van der Waals surface area contributed by atoms with Crippen molar-refractivity contribution >= 4 is 5.91 Å². The van der Waals surface area contributed by atoms with Crippen LogP contribution in [-0.4, -0.2) is 12.5 Å². The quantitative estimate of drug-likeness (QED) is 0.676. The molecule has 14 heavy (non-hydrogen) atoms. The molecule has 3 N–H and O–H groups in total. The molecule has 0 aliphatic rings. The maximum atomic E-state index is 11.4. The monoisotopic (exact) mass is 188 g/mol. The van der Waals surface area contributed by atoms with Crippen molar-refractivity contribution in [1.29, 1.82) is 0 Å². The van der Waals surface area contributed by atoms with Gasteiger partial charge in [0.1, 0.15) is 6.04 Å². The van der Waals surface area contributed by atoms with Crippen LogP contribution in [0.15, 0.2) is 30.3 Å². The Labute approximate surface area is 83.3 Å². The predicted molar refractivity (Wildman–Crippen MR) is 55.2 cm³/mol. The van der Waals surface area contributed by atoms with E-state index in [1.54, 1.807) is 12.1 Å². The summed E-state index contributed by atoms with van der Waals surface area (Å²) in [5.74, 6) is 2.06. The summed E-state index contributed by atoms with van der Waals surface area (Å²) in [5.41, 5.74) is 6.48. The number of hydrogen-bond acceptors (Lipinski definition) is 2.